The number of rotatable bonds is 2. The van der Waals surface area contributed by atoms with Crippen LogP contribution in [0.5, 0.6) is 11.6 Å². The summed E-state index contributed by atoms with van der Waals surface area (Å²) in [5.41, 5.74) is -3.67. The molecule has 2 heterocycles. The summed E-state index contributed by atoms with van der Waals surface area (Å²) >= 11 is 0. The Morgan fingerprint density at radius 2 is 1.29 bits per heavy atom. The second kappa shape index (κ2) is 6.24. The lowest BCUT2D eigenvalue weighted by atomic mass is 10.1. The highest BCUT2D eigenvalue weighted by Crippen LogP contribution is 2.39. The van der Waals surface area contributed by atoms with Crippen LogP contribution in [0.15, 0.2) is 30.3 Å². The van der Waals surface area contributed by atoms with Gasteiger partial charge in [0.2, 0.25) is 5.88 Å². The molecule has 1 aromatic carbocycles. The molecule has 5 nitrogen and oxygen atoms in total. The van der Waals surface area contributed by atoms with Gasteiger partial charge in [0, 0.05) is 6.07 Å². The molecule has 3 aromatic rings. The van der Waals surface area contributed by atoms with Crippen molar-refractivity contribution in [3.8, 4) is 11.6 Å². The number of ether oxygens (including phenoxy) is 1. The third-order valence-corrected chi connectivity index (χ3v) is 3.28. The van der Waals surface area contributed by atoms with E-state index in [9.17, 15) is 39.5 Å². The number of halogens is 9. The average molecular weight is 416 g/mol. The van der Waals surface area contributed by atoms with Gasteiger partial charge in [-0.15, -0.1) is 15.3 Å². The highest BCUT2D eigenvalue weighted by Gasteiger charge is 2.38. The van der Waals surface area contributed by atoms with Crippen LogP contribution in [0.2, 0.25) is 0 Å². The molecule has 3 rings (SSSR count). The van der Waals surface area contributed by atoms with Crippen LogP contribution in [-0.4, -0.2) is 19.8 Å². The Balaban J connectivity index is 2.06. The Hall–Kier alpha value is -3.06. The maximum absolute atomic E-state index is 12.8. The van der Waals surface area contributed by atoms with Gasteiger partial charge in [0.1, 0.15) is 5.75 Å². The first kappa shape index (κ1) is 19.7. The molecule has 14 heteroatoms. The molecule has 0 spiro atoms. The Labute approximate surface area is 148 Å². The molecular formula is C14H5F9N4O. The van der Waals surface area contributed by atoms with Crippen LogP contribution in [-0.2, 0) is 18.5 Å². The summed E-state index contributed by atoms with van der Waals surface area (Å²) in [4.78, 5) is 0. The molecule has 0 saturated heterocycles. The Kier molecular flexibility index (Phi) is 4.39. The van der Waals surface area contributed by atoms with E-state index in [0.717, 1.165) is 12.1 Å². The second-order valence-electron chi connectivity index (χ2n) is 5.31. The Morgan fingerprint density at radius 1 is 0.714 bits per heavy atom. The van der Waals surface area contributed by atoms with Crippen molar-refractivity contribution in [2.45, 2.75) is 18.5 Å². The molecule has 28 heavy (non-hydrogen) atoms. The van der Waals surface area contributed by atoms with E-state index < -0.39 is 47.1 Å². The van der Waals surface area contributed by atoms with E-state index in [2.05, 4.69) is 15.3 Å². The summed E-state index contributed by atoms with van der Waals surface area (Å²) < 4.78 is 121. The minimum atomic E-state index is -5.12. The van der Waals surface area contributed by atoms with E-state index in [1.165, 1.54) is 0 Å². The van der Waals surface area contributed by atoms with E-state index >= 15 is 0 Å². The van der Waals surface area contributed by atoms with E-state index in [-0.39, 0.29) is 28.4 Å². The standard InChI is InChI=1S/C14H5F9N4O/c15-12(16,17)6-3-7(13(18,19)20)5-8(4-6)28-10-2-1-9-24-25-11(14(21,22)23)27(9)26-10/h1-5H. The molecule has 0 N–H and O–H groups in total. The van der Waals surface area contributed by atoms with Crippen molar-refractivity contribution in [3.63, 3.8) is 0 Å². The fourth-order valence-electron chi connectivity index (χ4n) is 2.11. The molecule has 0 amide bonds. The molecule has 0 radical (unpaired) electrons. The van der Waals surface area contributed by atoms with Crippen molar-refractivity contribution < 1.29 is 44.3 Å². The van der Waals surface area contributed by atoms with E-state index in [4.69, 9.17) is 4.74 Å². The lowest BCUT2D eigenvalue weighted by Gasteiger charge is -2.14. The first-order chi connectivity index (χ1) is 12.7. The number of alkyl halides is 9. The summed E-state index contributed by atoms with van der Waals surface area (Å²) in [6.45, 7) is 0. The van der Waals surface area contributed by atoms with Gasteiger partial charge in [-0.05, 0) is 24.3 Å². The topological polar surface area (TPSA) is 52.3 Å². The van der Waals surface area contributed by atoms with Crippen LogP contribution >= 0.6 is 0 Å². The predicted octanol–water partition coefficient (Wildman–Crippen LogP) is 4.97. The van der Waals surface area contributed by atoms with Gasteiger partial charge < -0.3 is 4.74 Å². The fraction of sp³-hybridized carbons (Fsp3) is 0.214. The van der Waals surface area contributed by atoms with Crippen molar-refractivity contribution >= 4 is 5.65 Å². The monoisotopic (exact) mass is 416 g/mol. The smallest absolute Gasteiger partial charge is 0.438 e. The zero-order chi connectivity index (χ0) is 20.9. The molecule has 0 unspecified atom stereocenters. The van der Waals surface area contributed by atoms with Crippen LogP contribution in [0, 0.1) is 0 Å². The van der Waals surface area contributed by atoms with E-state index in [0.29, 0.717) is 0 Å². The van der Waals surface area contributed by atoms with Gasteiger partial charge in [-0.2, -0.15) is 44.0 Å². The Morgan fingerprint density at radius 3 is 1.79 bits per heavy atom. The molecule has 150 valence electrons. The third-order valence-electron chi connectivity index (χ3n) is 3.28. The molecule has 0 aliphatic carbocycles. The molecule has 0 aliphatic heterocycles. The molecule has 2 aromatic heterocycles. The summed E-state index contributed by atoms with van der Waals surface area (Å²) in [6, 6.07) is 2.27. The van der Waals surface area contributed by atoms with Crippen LogP contribution in [0.1, 0.15) is 17.0 Å². The van der Waals surface area contributed by atoms with Gasteiger partial charge in [0.15, 0.2) is 5.65 Å². The highest BCUT2D eigenvalue weighted by molar-refractivity contribution is 5.41. The zero-order valence-electron chi connectivity index (χ0n) is 13.0. The lowest BCUT2D eigenvalue weighted by Crippen LogP contribution is -2.13. The van der Waals surface area contributed by atoms with Crippen LogP contribution in [0.4, 0.5) is 39.5 Å². The SMILES string of the molecule is FC(F)(F)c1cc(Oc2ccc3nnc(C(F)(F)F)n3n2)cc(C(F)(F)F)c1. The minimum absolute atomic E-state index is 0.120. The van der Waals surface area contributed by atoms with Gasteiger partial charge in [-0.1, -0.05) is 0 Å². The van der Waals surface area contributed by atoms with Crippen LogP contribution < -0.4 is 4.74 Å². The van der Waals surface area contributed by atoms with E-state index in [1.807, 2.05) is 0 Å². The number of aromatic nitrogens is 4. The maximum Gasteiger partial charge on any atom is 0.453 e. The summed E-state index contributed by atoms with van der Waals surface area (Å²) in [6.07, 6.45) is -15.2. The summed E-state index contributed by atoms with van der Waals surface area (Å²) in [7, 11) is 0. The van der Waals surface area contributed by atoms with Crippen molar-refractivity contribution in [1.29, 1.82) is 0 Å². The molecule has 0 bridgehead atoms. The molecular weight excluding hydrogens is 411 g/mol. The number of fused-ring (bicyclic) bond motifs is 1. The predicted molar refractivity (Wildman–Crippen MR) is 72.3 cm³/mol. The van der Waals surface area contributed by atoms with Crippen molar-refractivity contribution in [1.82, 2.24) is 19.8 Å². The minimum Gasteiger partial charge on any atom is -0.438 e. The summed E-state index contributed by atoms with van der Waals surface area (Å²) in [5.74, 6) is -3.17. The Bertz CT molecular complexity index is 988. The summed E-state index contributed by atoms with van der Waals surface area (Å²) in [5, 5.41) is 9.45. The number of benzene rings is 1. The molecule has 0 fully saturated rings. The van der Waals surface area contributed by atoms with E-state index in [1.54, 1.807) is 0 Å². The lowest BCUT2D eigenvalue weighted by molar-refractivity contribution is -0.146. The van der Waals surface area contributed by atoms with Gasteiger partial charge >= 0.3 is 18.5 Å². The van der Waals surface area contributed by atoms with Crippen molar-refractivity contribution in [3.05, 3.63) is 47.3 Å². The van der Waals surface area contributed by atoms with Gasteiger partial charge in [0.05, 0.1) is 11.1 Å². The zero-order valence-corrected chi connectivity index (χ0v) is 13.0. The number of hydrogen-bond acceptors (Lipinski definition) is 4. The quantitative estimate of drug-likeness (QED) is 0.554. The van der Waals surface area contributed by atoms with Gasteiger partial charge in [-0.3, -0.25) is 0 Å². The van der Waals surface area contributed by atoms with Crippen LogP contribution in [0.25, 0.3) is 5.65 Å². The third kappa shape index (κ3) is 3.94. The van der Waals surface area contributed by atoms with Gasteiger partial charge in [-0.25, -0.2) is 0 Å². The normalized spacial score (nSPS) is 13.2. The van der Waals surface area contributed by atoms with Crippen molar-refractivity contribution in [2.75, 3.05) is 0 Å². The molecule has 0 atom stereocenters. The number of nitrogens with zero attached hydrogens (tertiary/aromatic N) is 4. The first-order valence-electron chi connectivity index (χ1n) is 7.02. The molecule has 0 aliphatic rings. The largest absolute Gasteiger partial charge is 0.453 e. The first-order valence-corrected chi connectivity index (χ1v) is 7.02. The highest BCUT2D eigenvalue weighted by atomic mass is 19.4. The maximum atomic E-state index is 12.8. The van der Waals surface area contributed by atoms with Crippen LogP contribution in [0.3, 0.4) is 0 Å². The number of hydrogen-bond donors (Lipinski definition) is 0. The van der Waals surface area contributed by atoms with Gasteiger partial charge in [0.25, 0.3) is 5.82 Å². The second-order valence-corrected chi connectivity index (χ2v) is 5.31. The van der Waals surface area contributed by atoms with Crippen molar-refractivity contribution in [2.24, 2.45) is 0 Å². The molecule has 0 saturated carbocycles. The fourth-order valence-corrected chi connectivity index (χ4v) is 2.11. The average Bonchev–Trinajstić information content (AvgIpc) is 2.96.